The summed E-state index contributed by atoms with van der Waals surface area (Å²) in [5.41, 5.74) is 2.00. The van der Waals surface area contributed by atoms with Crippen LogP contribution in [0, 0.1) is 5.82 Å². The van der Waals surface area contributed by atoms with Gasteiger partial charge in [-0.3, -0.25) is 5.21 Å². The van der Waals surface area contributed by atoms with Crippen LogP contribution in [0.25, 0.3) is 0 Å². The Hall–Kier alpha value is -3.53. The maximum absolute atomic E-state index is 14.1. The molecule has 38 heavy (non-hydrogen) atoms. The highest BCUT2D eigenvalue weighted by molar-refractivity contribution is 7.14. The average molecular weight is 577 g/mol. The van der Waals surface area contributed by atoms with Crippen LogP contribution in [0.5, 0.6) is 11.5 Å². The smallest absolute Gasteiger partial charge is 0.241 e. The second-order valence-electron chi connectivity index (χ2n) is 8.30. The summed E-state index contributed by atoms with van der Waals surface area (Å²) in [6.45, 7) is 0.196. The first-order chi connectivity index (χ1) is 18.2. The Morgan fingerprint density at radius 2 is 1.79 bits per heavy atom. The maximum Gasteiger partial charge on any atom is 0.241 e. The van der Waals surface area contributed by atoms with Gasteiger partial charge in [0.25, 0.3) is 0 Å². The molecule has 11 heteroatoms. The summed E-state index contributed by atoms with van der Waals surface area (Å²) in [4.78, 5) is 12.9. The van der Waals surface area contributed by atoms with Crippen molar-refractivity contribution in [3.05, 3.63) is 103 Å². The van der Waals surface area contributed by atoms with Gasteiger partial charge in [-0.1, -0.05) is 41.4 Å². The van der Waals surface area contributed by atoms with E-state index in [1.807, 2.05) is 0 Å². The molecule has 0 saturated heterocycles. The average Bonchev–Trinajstić information content (AvgIpc) is 3.32. The topological polar surface area (TPSA) is 94.7 Å². The molecule has 2 aromatic heterocycles. The van der Waals surface area contributed by atoms with Gasteiger partial charge in [0, 0.05) is 27.6 Å². The number of aromatic nitrogens is 1. The number of ether oxygens (including phenoxy) is 2. The van der Waals surface area contributed by atoms with Crippen molar-refractivity contribution < 1.29 is 33.7 Å². The van der Waals surface area contributed by atoms with Crippen LogP contribution in [-0.2, 0) is 13.0 Å². The quantitative estimate of drug-likeness (QED) is 0.202. The molecular formula is C27H23Cl2FN2O5S. The molecule has 198 valence electrons. The van der Waals surface area contributed by atoms with Gasteiger partial charge in [-0.2, -0.15) is 0 Å². The molecule has 0 spiro atoms. The van der Waals surface area contributed by atoms with E-state index in [9.17, 15) is 19.5 Å². The number of aromatic carboxylic acids is 1. The third kappa shape index (κ3) is 5.96. The fraction of sp³-hybridized carbons (Fsp3) is 0.185. The molecule has 0 radical (unpaired) electrons. The van der Waals surface area contributed by atoms with E-state index in [-0.39, 0.29) is 27.9 Å². The van der Waals surface area contributed by atoms with Gasteiger partial charge < -0.3 is 24.7 Å². The molecule has 0 amide bonds. The predicted octanol–water partition coefficient (Wildman–Crippen LogP) is 5.09. The number of nitrogens with one attached hydrogen (secondary N) is 1. The van der Waals surface area contributed by atoms with Crippen molar-refractivity contribution in [2.75, 3.05) is 19.5 Å². The zero-order chi connectivity index (χ0) is 27.4. The number of pyridine rings is 1. The van der Waals surface area contributed by atoms with Gasteiger partial charge in [0.2, 0.25) is 12.4 Å². The van der Waals surface area contributed by atoms with Gasteiger partial charge in [-0.05, 0) is 47.9 Å². The molecule has 0 bridgehead atoms. The van der Waals surface area contributed by atoms with E-state index in [4.69, 9.17) is 32.7 Å². The summed E-state index contributed by atoms with van der Waals surface area (Å²) < 4.78 is 25.7. The molecule has 2 heterocycles. The van der Waals surface area contributed by atoms with Crippen molar-refractivity contribution in [1.29, 1.82) is 0 Å². The zero-order valence-corrected chi connectivity index (χ0v) is 22.7. The number of hydrogen-bond acceptors (Lipinski definition) is 7. The van der Waals surface area contributed by atoms with Crippen LogP contribution in [0.15, 0.2) is 60.9 Å². The van der Waals surface area contributed by atoms with Crippen molar-refractivity contribution in [3.8, 4) is 11.5 Å². The highest BCUT2D eigenvalue weighted by Crippen LogP contribution is 2.40. The first kappa shape index (κ1) is 27.5. The van der Waals surface area contributed by atoms with Crippen LogP contribution in [0.4, 0.5) is 10.1 Å². The van der Waals surface area contributed by atoms with Crippen molar-refractivity contribution in [2.45, 2.75) is 18.9 Å². The Morgan fingerprint density at radius 1 is 1.11 bits per heavy atom. The number of hydrogen-bond donors (Lipinski definition) is 2. The van der Waals surface area contributed by atoms with E-state index in [2.05, 4.69) is 5.32 Å². The van der Waals surface area contributed by atoms with Crippen LogP contribution in [0.1, 0.15) is 37.2 Å². The number of carbonyl (C=O) groups excluding carboxylic acids is 1. The Balaban J connectivity index is 1.80. The maximum atomic E-state index is 14.1. The first-order valence-corrected chi connectivity index (χ1v) is 12.9. The van der Waals surface area contributed by atoms with Crippen LogP contribution in [-0.4, -0.2) is 25.4 Å². The van der Waals surface area contributed by atoms with Gasteiger partial charge in [0.15, 0.2) is 11.5 Å². The number of carboxylic acids is 1. The SMILES string of the molecule is COc1ccc([C@H](Cc2c(Cl)c[n+](O)cc2Cl)c2cc(CNc3ccccc3F)sc2C(=O)[O-])cc1OC. The summed E-state index contributed by atoms with van der Waals surface area (Å²) in [7, 11) is 3.02. The van der Waals surface area contributed by atoms with Gasteiger partial charge in [0.1, 0.15) is 15.9 Å². The van der Waals surface area contributed by atoms with E-state index in [1.165, 1.54) is 32.7 Å². The van der Waals surface area contributed by atoms with E-state index < -0.39 is 17.7 Å². The van der Waals surface area contributed by atoms with Crippen LogP contribution in [0.2, 0.25) is 10.0 Å². The summed E-state index contributed by atoms with van der Waals surface area (Å²) in [6.07, 6.45) is 2.79. The molecular weight excluding hydrogens is 554 g/mol. The Kier molecular flexibility index (Phi) is 8.61. The second kappa shape index (κ2) is 11.9. The first-order valence-electron chi connectivity index (χ1n) is 11.3. The molecule has 0 saturated carbocycles. The molecule has 0 aliphatic heterocycles. The highest BCUT2D eigenvalue weighted by atomic mass is 35.5. The van der Waals surface area contributed by atoms with Crippen molar-refractivity contribution >= 4 is 46.2 Å². The summed E-state index contributed by atoms with van der Waals surface area (Å²) >= 11 is 13.9. The van der Waals surface area contributed by atoms with E-state index in [1.54, 1.807) is 42.5 Å². The normalized spacial score (nSPS) is 11.7. The van der Waals surface area contributed by atoms with Gasteiger partial charge in [0.05, 0.1) is 30.8 Å². The largest absolute Gasteiger partial charge is 0.544 e. The Labute approximate surface area is 232 Å². The van der Waals surface area contributed by atoms with Crippen molar-refractivity contribution in [3.63, 3.8) is 0 Å². The molecule has 4 rings (SSSR count). The standard InChI is InChI=1S/C27H23Cl2FN2O5S/c1-36-24-8-7-15(9-25(24)37-2)17(11-19-20(28)13-32(35)14-21(19)29)18-10-16(38-26(18)27(33)34)12-31-23-6-4-3-5-22(23)30/h3-10,13-14,17,31H,11-12H2,1-2H3,(H-,33,34,35)/t17-/m0/s1. The fourth-order valence-corrected chi connectivity index (χ4v) is 5.77. The monoisotopic (exact) mass is 576 g/mol. The number of carbonyl (C=O) groups is 1. The van der Waals surface area contributed by atoms with E-state index >= 15 is 0 Å². The molecule has 0 aliphatic carbocycles. The van der Waals surface area contributed by atoms with Crippen molar-refractivity contribution in [1.82, 2.24) is 0 Å². The molecule has 0 fully saturated rings. The van der Waals surface area contributed by atoms with Gasteiger partial charge in [-0.25, -0.2) is 4.39 Å². The Morgan fingerprint density at radius 3 is 2.42 bits per heavy atom. The number of benzene rings is 2. The third-order valence-corrected chi connectivity index (χ3v) is 7.77. The molecule has 4 aromatic rings. The predicted molar refractivity (Wildman–Crippen MR) is 141 cm³/mol. The number of anilines is 1. The molecule has 2 N–H and O–H groups in total. The number of para-hydroxylation sites is 1. The lowest BCUT2D eigenvalue weighted by Crippen LogP contribution is -2.29. The lowest BCUT2D eigenvalue weighted by atomic mass is 9.85. The zero-order valence-electron chi connectivity index (χ0n) is 20.3. The minimum absolute atomic E-state index is 0.0236. The third-order valence-electron chi connectivity index (χ3n) is 5.99. The molecule has 2 aromatic carbocycles. The number of rotatable bonds is 10. The minimum Gasteiger partial charge on any atom is -0.544 e. The number of thiophene rings is 1. The number of halogens is 3. The second-order valence-corrected chi connectivity index (χ2v) is 10.3. The van der Waals surface area contributed by atoms with E-state index in [0.29, 0.717) is 38.8 Å². The molecule has 1 atom stereocenters. The number of carboxylic acid groups (broad SMARTS) is 1. The van der Waals surface area contributed by atoms with E-state index in [0.717, 1.165) is 16.1 Å². The van der Waals surface area contributed by atoms with Crippen LogP contribution in [0.3, 0.4) is 0 Å². The number of methoxy groups -OCH3 is 2. The van der Waals surface area contributed by atoms with Crippen molar-refractivity contribution in [2.24, 2.45) is 0 Å². The molecule has 7 nitrogen and oxygen atoms in total. The van der Waals surface area contributed by atoms with Crippen LogP contribution >= 0.6 is 34.5 Å². The minimum atomic E-state index is -1.34. The fourth-order valence-electron chi connectivity index (χ4n) is 4.17. The number of nitrogens with zero attached hydrogens (tertiary/aromatic N) is 1. The summed E-state index contributed by atoms with van der Waals surface area (Å²) in [5, 5.41) is 25.5. The Bertz CT molecular complexity index is 1460. The lowest BCUT2D eigenvalue weighted by Gasteiger charge is -2.21. The summed E-state index contributed by atoms with van der Waals surface area (Å²) in [6, 6.07) is 13.3. The van der Waals surface area contributed by atoms with Gasteiger partial charge in [-0.15, -0.1) is 11.3 Å². The molecule has 0 aliphatic rings. The highest BCUT2D eigenvalue weighted by Gasteiger charge is 2.26. The van der Waals surface area contributed by atoms with Crippen LogP contribution < -0.4 is 24.6 Å². The lowest BCUT2D eigenvalue weighted by molar-refractivity contribution is -0.904. The van der Waals surface area contributed by atoms with Gasteiger partial charge >= 0.3 is 0 Å². The molecule has 0 unspecified atom stereocenters. The summed E-state index contributed by atoms with van der Waals surface area (Å²) in [5.74, 6) is -1.34.